The normalized spacial score (nSPS) is 11.0. The van der Waals surface area contributed by atoms with Crippen molar-refractivity contribution in [1.29, 1.82) is 0 Å². The van der Waals surface area contributed by atoms with Gasteiger partial charge in [-0.2, -0.15) is 0 Å². The van der Waals surface area contributed by atoms with Crippen LogP contribution < -0.4 is 10.6 Å². The number of nitrogens with zero attached hydrogens (tertiary/aromatic N) is 3. The van der Waals surface area contributed by atoms with Gasteiger partial charge in [-0.15, -0.1) is 24.0 Å². The van der Waals surface area contributed by atoms with Gasteiger partial charge in [-0.25, -0.2) is 14.4 Å². The molecule has 2 N–H and O–H groups in total. The number of imidazole rings is 1. The molecule has 0 radical (unpaired) electrons. The maximum atomic E-state index is 13.8. The minimum absolute atomic E-state index is 0. The second-order valence-corrected chi connectivity index (χ2v) is 5.74. The summed E-state index contributed by atoms with van der Waals surface area (Å²) >= 11 is 0. The maximum absolute atomic E-state index is 13.8. The van der Waals surface area contributed by atoms with Crippen LogP contribution in [0.15, 0.2) is 72.2 Å². The standard InChI is InChI=1S/C20H22FN5.HI/c1-2-23-20(24-13-16-7-3-5-9-18(16)21)25-14-17-8-4-6-10-19(17)26-12-11-22-15-26;/h3-12,15H,2,13-14H2,1H3,(H2,23,24,25);1H. The van der Waals surface area contributed by atoms with Crippen molar-refractivity contribution in [3.05, 3.63) is 84.2 Å². The quantitative estimate of drug-likeness (QED) is 0.321. The molecule has 142 valence electrons. The predicted molar refractivity (Wildman–Crippen MR) is 117 cm³/mol. The summed E-state index contributed by atoms with van der Waals surface area (Å²) in [6.07, 6.45) is 5.43. The third-order valence-electron chi connectivity index (χ3n) is 3.93. The predicted octanol–water partition coefficient (Wildman–Crippen LogP) is 3.88. The molecular formula is C20H23FIN5. The SMILES string of the molecule is CCNC(=NCc1ccccc1-n1ccnc1)NCc1ccccc1F.I. The van der Waals surface area contributed by atoms with Gasteiger partial charge in [0, 0.05) is 31.0 Å². The van der Waals surface area contributed by atoms with E-state index < -0.39 is 0 Å². The van der Waals surface area contributed by atoms with Crippen molar-refractivity contribution in [3.8, 4) is 5.69 Å². The molecule has 2 aromatic carbocycles. The maximum Gasteiger partial charge on any atom is 0.191 e. The molecule has 0 atom stereocenters. The van der Waals surface area contributed by atoms with Crippen molar-refractivity contribution >= 4 is 29.9 Å². The summed E-state index contributed by atoms with van der Waals surface area (Å²) in [6.45, 7) is 3.61. The lowest BCUT2D eigenvalue weighted by Gasteiger charge is -2.13. The topological polar surface area (TPSA) is 54.2 Å². The second kappa shape index (κ2) is 10.7. The first-order chi connectivity index (χ1) is 12.8. The number of para-hydroxylation sites is 1. The van der Waals surface area contributed by atoms with Crippen molar-refractivity contribution in [2.45, 2.75) is 20.0 Å². The first-order valence-electron chi connectivity index (χ1n) is 8.59. The zero-order valence-corrected chi connectivity index (χ0v) is 17.4. The Morgan fingerprint density at radius 2 is 1.81 bits per heavy atom. The van der Waals surface area contributed by atoms with Crippen LogP contribution in [0.5, 0.6) is 0 Å². The summed E-state index contributed by atoms with van der Waals surface area (Å²) in [5.41, 5.74) is 2.73. The smallest absolute Gasteiger partial charge is 0.191 e. The van der Waals surface area contributed by atoms with Gasteiger partial charge in [0.2, 0.25) is 0 Å². The minimum atomic E-state index is -0.221. The van der Waals surface area contributed by atoms with E-state index in [4.69, 9.17) is 0 Å². The highest BCUT2D eigenvalue weighted by Gasteiger charge is 2.05. The molecule has 0 aliphatic carbocycles. The number of rotatable bonds is 6. The number of nitrogens with one attached hydrogen (secondary N) is 2. The van der Waals surface area contributed by atoms with Crippen LogP contribution in [0.3, 0.4) is 0 Å². The van der Waals surface area contributed by atoms with Crippen molar-refractivity contribution in [1.82, 2.24) is 20.2 Å². The Hall–Kier alpha value is -2.42. The molecule has 0 aliphatic rings. The number of benzene rings is 2. The van der Waals surface area contributed by atoms with E-state index in [1.54, 1.807) is 24.7 Å². The van der Waals surface area contributed by atoms with Gasteiger partial charge in [-0.1, -0.05) is 36.4 Å². The van der Waals surface area contributed by atoms with Crippen LogP contribution in [0, 0.1) is 5.82 Å². The minimum Gasteiger partial charge on any atom is -0.357 e. The summed E-state index contributed by atoms with van der Waals surface area (Å²) < 4.78 is 15.7. The van der Waals surface area contributed by atoms with Crippen molar-refractivity contribution in [2.24, 2.45) is 4.99 Å². The molecule has 5 nitrogen and oxygen atoms in total. The van der Waals surface area contributed by atoms with Crippen molar-refractivity contribution < 1.29 is 4.39 Å². The van der Waals surface area contributed by atoms with Gasteiger partial charge in [-0.05, 0) is 24.6 Å². The van der Waals surface area contributed by atoms with Gasteiger partial charge in [0.05, 0.1) is 18.6 Å². The Morgan fingerprint density at radius 3 is 2.52 bits per heavy atom. The molecule has 0 amide bonds. The molecule has 0 saturated carbocycles. The third-order valence-corrected chi connectivity index (χ3v) is 3.93. The van der Waals surface area contributed by atoms with E-state index in [1.807, 2.05) is 48.0 Å². The molecular weight excluding hydrogens is 456 g/mol. The largest absolute Gasteiger partial charge is 0.357 e. The molecule has 7 heteroatoms. The molecule has 0 unspecified atom stereocenters. The van der Waals surface area contributed by atoms with Gasteiger partial charge in [0.15, 0.2) is 5.96 Å². The lowest BCUT2D eigenvalue weighted by Crippen LogP contribution is -2.37. The molecule has 0 aliphatic heterocycles. The Bertz CT molecular complexity index is 864. The van der Waals surface area contributed by atoms with Crippen LogP contribution >= 0.6 is 24.0 Å². The third kappa shape index (κ3) is 5.78. The highest BCUT2D eigenvalue weighted by molar-refractivity contribution is 14.0. The monoisotopic (exact) mass is 479 g/mol. The number of aliphatic imine (C=N–C) groups is 1. The molecule has 0 bridgehead atoms. The molecule has 3 rings (SSSR count). The summed E-state index contributed by atoms with van der Waals surface area (Å²) in [5.74, 6) is 0.428. The van der Waals surface area contributed by atoms with E-state index in [2.05, 4.69) is 20.6 Å². The molecule has 1 aromatic heterocycles. The fourth-order valence-electron chi connectivity index (χ4n) is 2.62. The number of hydrogen-bond acceptors (Lipinski definition) is 2. The van der Waals surface area contributed by atoms with E-state index in [1.165, 1.54) is 6.07 Å². The second-order valence-electron chi connectivity index (χ2n) is 5.74. The highest BCUT2D eigenvalue weighted by atomic mass is 127. The zero-order chi connectivity index (χ0) is 18.2. The Kier molecular flexibility index (Phi) is 8.25. The summed E-state index contributed by atoms with van der Waals surface area (Å²) in [4.78, 5) is 8.74. The van der Waals surface area contributed by atoms with E-state index in [-0.39, 0.29) is 29.8 Å². The fourth-order valence-corrected chi connectivity index (χ4v) is 2.62. The van der Waals surface area contributed by atoms with Crippen molar-refractivity contribution in [2.75, 3.05) is 6.54 Å². The fraction of sp³-hybridized carbons (Fsp3) is 0.200. The summed E-state index contributed by atoms with van der Waals surface area (Å²) in [6, 6.07) is 14.8. The number of halogens is 2. The zero-order valence-electron chi connectivity index (χ0n) is 15.1. The average molecular weight is 479 g/mol. The van der Waals surface area contributed by atoms with Gasteiger partial charge in [-0.3, -0.25) is 0 Å². The van der Waals surface area contributed by atoms with Crippen LogP contribution in [-0.2, 0) is 13.1 Å². The lowest BCUT2D eigenvalue weighted by molar-refractivity contribution is 0.604. The Labute approximate surface area is 175 Å². The lowest BCUT2D eigenvalue weighted by atomic mass is 10.2. The first kappa shape index (κ1) is 20.9. The molecule has 0 fully saturated rings. The van der Waals surface area contributed by atoms with Crippen molar-refractivity contribution in [3.63, 3.8) is 0 Å². The highest BCUT2D eigenvalue weighted by Crippen LogP contribution is 2.15. The van der Waals surface area contributed by atoms with Crippen LogP contribution in [-0.4, -0.2) is 22.1 Å². The molecule has 0 spiro atoms. The van der Waals surface area contributed by atoms with Crippen LogP contribution in [0.25, 0.3) is 5.69 Å². The van der Waals surface area contributed by atoms with E-state index >= 15 is 0 Å². The van der Waals surface area contributed by atoms with E-state index in [0.717, 1.165) is 17.8 Å². The summed E-state index contributed by atoms with van der Waals surface area (Å²) in [5, 5.41) is 6.38. The molecule has 27 heavy (non-hydrogen) atoms. The number of guanidine groups is 1. The van der Waals surface area contributed by atoms with Gasteiger partial charge < -0.3 is 15.2 Å². The van der Waals surface area contributed by atoms with Gasteiger partial charge in [0.1, 0.15) is 5.82 Å². The molecule has 0 saturated heterocycles. The van der Waals surface area contributed by atoms with Crippen LogP contribution in [0.4, 0.5) is 4.39 Å². The van der Waals surface area contributed by atoms with Gasteiger partial charge >= 0.3 is 0 Å². The van der Waals surface area contributed by atoms with E-state index in [0.29, 0.717) is 24.6 Å². The van der Waals surface area contributed by atoms with Gasteiger partial charge in [0.25, 0.3) is 0 Å². The summed E-state index contributed by atoms with van der Waals surface area (Å²) in [7, 11) is 0. The number of hydrogen-bond donors (Lipinski definition) is 2. The molecule has 3 aromatic rings. The Balaban J connectivity index is 0.00000261. The number of aromatic nitrogens is 2. The Morgan fingerprint density at radius 1 is 1.07 bits per heavy atom. The van der Waals surface area contributed by atoms with E-state index in [9.17, 15) is 4.39 Å². The first-order valence-corrected chi connectivity index (χ1v) is 8.59. The van der Waals surface area contributed by atoms with Crippen LogP contribution in [0.1, 0.15) is 18.1 Å². The van der Waals surface area contributed by atoms with Crippen LogP contribution in [0.2, 0.25) is 0 Å². The molecule has 1 heterocycles. The average Bonchev–Trinajstić information content (AvgIpc) is 3.20.